The van der Waals surface area contributed by atoms with Gasteiger partial charge < -0.3 is 10.2 Å². The number of para-hydroxylation sites is 1. The monoisotopic (exact) mass is 439 g/mol. The number of amides is 2. The highest BCUT2D eigenvalue weighted by molar-refractivity contribution is 7.18. The van der Waals surface area contributed by atoms with E-state index in [0.717, 1.165) is 23.4 Å². The summed E-state index contributed by atoms with van der Waals surface area (Å²) in [4.78, 5) is 32.4. The van der Waals surface area contributed by atoms with Crippen LogP contribution in [-0.2, 0) is 4.79 Å². The second-order valence-electron chi connectivity index (χ2n) is 8.32. The van der Waals surface area contributed by atoms with Crippen molar-refractivity contribution >= 4 is 33.4 Å². The second-order valence-corrected chi connectivity index (χ2v) is 9.38. The van der Waals surface area contributed by atoms with Crippen LogP contribution in [-0.4, -0.2) is 40.8 Å². The number of nitrogens with zero attached hydrogens (tertiary/aromatic N) is 2. The molecule has 1 atom stereocenters. The van der Waals surface area contributed by atoms with Gasteiger partial charge in [-0.3, -0.25) is 9.59 Å². The average molecular weight is 440 g/mol. The number of nitrogens with one attached hydrogen (secondary N) is 1. The Kier molecular flexibility index (Phi) is 6.32. The largest absolute Gasteiger partial charge is 0.341 e. The van der Waals surface area contributed by atoms with Gasteiger partial charge in [0.1, 0.15) is 11.9 Å². The van der Waals surface area contributed by atoms with Crippen LogP contribution in [0, 0.1) is 11.7 Å². The van der Waals surface area contributed by atoms with Crippen molar-refractivity contribution in [3.8, 4) is 0 Å². The molecule has 3 aromatic rings. The number of carbonyl (C=O) groups excluding carboxylic acids is 2. The van der Waals surface area contributed by atoms with Gasteiger partial charge in [0.2, 0.25) is 5.91 Å². The van der Waals surface area contributed by atoms with E-state index < -0.39 is 11.9 Å². The molecule has 1 saturated heterocycles. The predicted octanol–water partition coefficient (Wildman–Crippen LogP) is 4.60. The lowest BCUT2D eigenvalue weighted by Crippen LogP contribution is -2.52. The fraction of sp³-hybridized carbons (Fsp3) is 0.375. The quantitative estimate of drug-likeness (QED) is 0.632. The lowest BCUT2D eigenvalue weighted by atomic mass is 9.95. The maximum atomic E-state index is 13.2. The van der Waals surface area contributed by atoms with Crippen LogP contribution in [0.25, 0.3) is 10.2 Å². The topological polar surface area (TPSA) is 62.3 Å². The van der Waals surface area contributed by atoms with Crippen molar-refractivity contribution in [1.29, 1.82) is 0 Å². The van der Waals surface area contributed by atoms with E-state index in [9.17, 15) is 14.0 Å². The number of hydrogen-bond acceptors (Lipinski definition) is 4. The number of thiazole rings is 1. The zero-order valence-corrected chi connectivity index (χ0v) is 18.5. The van der Waals surface area contributed by atoms with Gasteiger partial charge in [0.25, 0.3) is 5.91 Å². The summed E-state index contributed by atoms with van der Waals surface area (Å²) < 4.78 is 14.3. The molecule has 0 spiro atoms. The fourth-order valence-electron chi connectivity index (χ4n) is 3.95. The summed E-state index contributed by atoms with van der Waals surface area (Å²) in [6.07, 6.45) is 1.73. The first kappa shape index (κ1) is 21.4. The standard InChI is InChI=1S/C24H26FN3O2S/c1-15(2)21(27-22(29)16-7-9-18(25)10-8-16)24(30)28-13-11-17(12-14-28)23-26-19-5-3-4-6-20(19)31-23/h3-10,15,17,21H,11-14H2,1-2H3,(H,27,29). The average Bonchev–Trinajstić information content (AvgIpc) is 3.21. The molecule has 0 saturated carbocycles. The minimum absolute atomic E-state index is 0.0566. The van der Waals surface area contributed by atoms with Crippen molar-refractivity contribution in [2.75, 3.05) is 13.1 Å². The summed E-state index contributed by atoms with van der Waals surface area (Å²) in [6.45, 7) is 5.13. The lowest BCUT2D eigenvalue weighted by Gasteiger charge is -2.35. The molecule has 4 rings (SSSR count). The van der Waals surface area contributed by atoms with E-state index >= 15 is 0 Å². The number of halogens is 1. The van der Waals surface area contributed by atoms with Crippen LogP contribution < -0.4 is 5.32 Å². The normalized spacial score (nSPS) is 15.9. The highest BCUT2D eigenvalue weighted by atomic mass is 32.1. The van der Waals surface area contributed by atoms with Gasteiger partial charge in [-0.2, -0.15) is 0 Å². The first-order valence-corrected chi connectivity index (χ1v) is 11.4. The highest BCUT2D eigenvalue weighted by Crippen LogP contribution is 2.34. The van der Waals surface area contributed by atoms with Gasteiger partial charge >= 0.3 is 0 Å². The van der Waals surface area contributed by atoms with Crippen molar-refractivity contribution in [3.63, 3.8) is 0 Å². The first-order chi connectivity index (χ1) is 14.9. The van der Waals surface area contributed by atoms with Gasteiger partial charge in [0.05, 0.1) is 15.2 Å². The summed E-state index contributed by atoms with van der Waals surface area (Å²) in [7, 11) is 0. The second kappa shape index (κ2) is 9.14. The fourth-order valence-corrected chi connectivity index (χ4v) is 5.08. The Labute approximate surface area is 185 Å². The summed E-state index contributed by atoms with van der Waals surface area (Å²) in [6, 6.07) is 12.9. The molecule has 1 aromatic heterocycles. The molecule has 0 bridgehead atoms. The number of aromatic nitrogens is 1. The van der Waals surface area contributed by atoms with Gasteiger partial charge in [-0.05, 0) is 55.2 Å². The van der Waals surface area contributed by atoms with Crippen molar-refractivity contribution in [2.45, 2.75) is 38.6 Å². The summed E-state index contributed by atoms with van der Waals surface area (Å²) in [5, 5.41) is 3.98. The smallest absolute Gasteiger partial charge is 0.251 e. The van der Waals surface area contributed by atoms with Gasteiger partial charge in [0.15, 0.2) is 0 Å². The first-order valence-electron chi connectivity index (χ1n) is 10.6. The van der Waals surface area contributed by atoms with Crippen molar-refractivity contribution in [3.05, 3.63) is 64.9 Å². The van der Waals surface area contributed by atoms with Crippen LogP contribution in [0.4, 0.5) is 4.39 Å². The maximum Gasteiger partial charge on any atom is 0.251 e. The molecule has 31 heavy (non-hydrogen) atoms. The molecule has 2 heterocycles. The molecule has 0 radical (unpaired) electrons. The van der Waals surface area contributed by atoms with Gasteiger partial charge in [-0.1, -0.05) is 26.0 Å². The number of rotatable bonds is 5. The van der Waals surface area contributed by atoms with Crippen molar-refractivity contribution in [1.82, 2.24) is 15.2 Å². The van der Waals surface area contributed by atoms with Gasteiger partial charge in [0, 0.05) is 24.6 Å². The van der Waals surface area contributed by atoms with Crippen LogP contribution in [0.1, 0.15) is 48.0 Å². The van der Waals surface area contributed by atoms with E-state index in [0.29, 0.717) is 24.6 Å². The molecule has 2 amide bonds. The number of likely N-dealkylation sites (tertiary alicyclic amines) is 1. The number of hydrogen-bond donors (Lipinski definition) is 1. The maximum absolute atomic E-state index is 13.2. The molecule has 162 valence electrons. The molecule has 1 N–H and O–H groups in total. The number of benzene rings is 2. The third-order valence-corrected chi connectivity index (χ3v) is 6.99. The third-order valence-electron chi connectivity index (χ3n) is 5.79. The predicted molar refractivity (Wildman–Crippen MR) is 121 cm³/mol. The van der Waals surface area contributed by atoms with E-state index in [1.807, 2.05) is 36.9 Å². The molecule has 1 fully saturated rings. The summed E-state index contributed by atoms with van der Waals surface area (Å²) in [5.41, 5.74) is 1.37. The van der Waals surface area contributed by atoms with Crippen molar-refractivity contribution in [2.24, 2.45) is 5.92 Å². The number of carbonyl (C=O) groups is 2. The highest BCUT2D eigenvalue weighted by Gasteiger charge is 2.32. The van der Waals surface area contributed by atoms with Crippen molar-refractivity contribution < 1.29 is 14.0 Å². The van der Waals surface area contributed by atoms with E-state index in [4.69, 9.17) is 4.98 Å². The molecule has 1 aliphatic rings. The molecule has 5 nitrogen and oxygen atoms in total. The Bertz CT molecular complexity index is 1040. The molecule has 7 heteroatoms. The van der Waals surface area contributed by atoms with Crippen LogP contribution >= 0.6 is 11.3 Å². The zero-order chi connectivity index (χ0) is 22.0. The molecule has 1 aliphatic heterocycles. The number of piperidine rings is 1. The van der Waals surface area contributed by atoms with Gasteiger partial charge in [-0.25, -0.2) is 9.37 Å². The van der Waals surface area contributed by atoms with Crippen LogP contribution in [0.3, 0.4) is 0 Å². The summed E-state index contributed by atoms with van der Waals surface area (Å²) >= 11 is 1.73. The lowest BCUT2D eigenvalue weighted by molar-refractivity contribution is -0.135. The third kappa shape index (κ3) is 4.77. The zero-order valence-electron chi connectivity index (χ0n) is 17.7. The Hall–Kier alpha value is -2.80. The van der Waals surface area contributed by atoms with Crippen LogP contribution in [0.2, 0.25) is 0 Å². The SMILES string of the molecule is CC(C)C(NC(=O)c1ccc(F)cc1)C(=O)N1CCC(c2nc3ccccc3s2)CC1. The van der Waals surface area contributed by atoms with Crippen LogP contribution in [0.5, 0.6) is 0 Å². The van der Waals surface area contributed by atoms with E-state index in [2.05, 4.69) is 11.4 Å². The minimum Gasteiger partial charge on any atom is -0.341 e. The molecule has 1 unspecified atom stereocenters. The molecule has 0 aliphatic carbocycles. The Morgan fingerprint density at radius 3 is 2.42 bits per heavy atom. The van der Waals surface area contributed by atoms with Crippen LogP contribution in [0.15, 0.2) is 48.5 Å². The van der Waals surface area contributed by atoms with E-state index in [-0.39, 0.29) is 17.7 Å². The number of fused-ring (bicyclic) bond motifs is 1. The molecular weight excluding hydrogens is 413 g/mol. The van der Waals surface area contributed by atoms with Gasteiger partial charge in [-0.15, -0.1) is 11.3 Å². The minimum atomic E-state index is -0.614. The Morgan fingerprint density at radius 1 is 1.10 bits per heavy atom. The molecular formula is C24H26FN3O2S. The summed E-state index contributed by atoms with van der Waals surface area (Å²) in [5.74, 6) is -0.528. The Morgan fingerprint density at radius 2 is 1.77 bits per heavy atom. The Balaban J connectivity index is 1.39. The molecule has 2 aromatic carbocycles. The van der Waals surface area contributed by atoms with E-state index in [1.165, 1.54) is 29.0 Å². The van der Waals surface area contributed by atoms with E-state index in [1.54, 1.807) is 11.3 Å².